The molecule has 0 aromatic heterocycles. The van der Waals surface area contributed by atoms with Gasteiger partial charge in [0.25, 0.3) is 0 Å². The Kier molecular flexibility index (Phi) is 7.65. The van der Waals surface area contributed by atoms with E-state index in [1.54, 1.807) is 0 Å². The Bertz CT molecular complexity index is 66.3. The molecule has 0 bridgehead atoms. The highest BCUT2D eigenvalue weighted by Crippen LogP contribution is 2.11. The van der Waals surface area contributed by atoms with Crippen LogP contribution < -0.4 is 5.73 Å². The number of unbranched alkanes of at least 4 members (excludes halogenated alkanes) is 1. The van der Waals surface area contributed by atoms with Crippen molar-refractivity contribution in [2.75, 3.05) is 18.6 Å². The van der Waals surface area contributed by atoms with Gasteiger partial charge in [0.1, 0.15) is 0 Å². The zero-order valence-corrected chi connectivity index (χ0v) is 7.91. The molecule has 1 nitrogen and oxygen atoms in total. The maximum Gasteiger partial charge on any atom is -0.00445 e. The van der Waals surface area contributed by atoms with Gasteiger partial charge in [0.15, 0.2) is 0 Å². The van der Waals surface area contributed by atoms with Gasteiger partial charge in [0.05, 0.1) is 0 Å². The van der Waals surface area contributed by atoms with E-state index < -0.39 is 0 Å². The lowest BCUT2D eigenvalue weighted by Gasteiger charge is -2.07. The van der Waals surface area contributed by atoms with Crippen LogP contribution in [0, 0.1) is 5.92 Å². The fourth-order valence-electron chi connectivity index (χ4n) is 1.00. The van der Waals surface area contributed by atoms with Crippen molar-refractivity contribution in [3.63, 3.8) is 0 Å². The van der Waals surface area contributed by atoms with Crippen molar-refractivity contribution in [1.82, 2.24) is 0 Å². The van der Waals surface area contributed by atoms with Crippen molar-refractivity contribution in [2.45, 2.75) is 26.2 Å². The number of hydrogen-bond acceptors (Lipinski definition) is 2. The second kappa shape index (κ2) is 7.42. The normalized spacial score (nSPS) is 13.5. The topological polar surface area (TPSA) is 26.0 Å². The van der Waals surface area contributed by atoms with Crippen LogP contribution in [-0.4, -0.2) is 18.6 Å². The monoisotopic (exact) mass is 161 g/mol. The van der Waals surface area contributed by atoms with Crippen LogP contribution in [0.3, 0.4) is 0 Å². The lowest BCUT2D eigenvalue weighted by atomic mass is 10.1. The predicted molar refractivity (Wildman–Crippen MR) is 50.5 cm³/mol. The van der Waals surface area contributed by atoms with Gasteiger partial charge in [-0.3, -0.25) is 0 Å². The highest BCUT2D eigenvalue weighted by Gasteiger charge is 1.98. The fourth-order valence-corrected chi connectivity index (χ4v) is 1.74. The average Bonchev–Trinajstić information content (AvgIpc) is 1.89. The largest absolute Gasteiger partial charge is 0.330 e. The Morgan fingerprint density at radius 3 is 2.60 bits per heavy atom. The van der Waals surface area contributed by atoms with Crippen LogP contribution in [0.25, 0.3) is 0 Å². The van der Waals surface area contributed by atoms with E-state index >= 15 is 0 Å². The molecule has 1 unspecified atom stereocenters. The Labute approximate surface area is 68.8 Å². The predicted octanol–water partition coefficient (Wildman–Crippen LogP) is 2.11. The van der Waals surface area contributed by atoms with Gasteiger partial charge in [-0.15, -0.1) is 0 Å². The smallest absolute Gasteiger partial charge is 0.00445 e. The molecule has 62 valence electrons. The highest BCUT2D eigenvalue weighted by molar-refractivity contribution is 7.98. The van der Waals surface area contributed by atoms with Crippen LogP contribution in [0.15, 0.2) is 0 Å². The molecule has 0 fully saturated rings. The Balaban J connectivity index is 2.97. The molecule has 0 aromatic carbocycles. The quantitative estimate of drug-likeness (QED) is 0.604. The molecule has 0 radical (unpaired) electrons. The van der Waals surface area contributed by atoms with Crippen molar-refractivity contribution in [3.05, 3.63) is 0 Å². The van der Waals surface area contributed by atoms with E-state index in [2.05, 4.69) is 13.2 Å². The van der Waals surface area contributed by atoms with Crippen LogP contribution >= 0.6 is 11.8 Å². The standard InChI is InChI=1S/C8H19NS/c1-8(7-10-2)5-3-4-6-9/h8H,3-7,9H2,1-2H3. The van der Waals surface area contributed by atoms with Crippen molar-refractivity contribution >= 4 is 11.8 Å². The van der Waals surface area contributed by atoms with Crippen LogP contribution in [0.1, 0.15) is 26.2 Å². The maximum absolute atomic E-state index is 5.38. The molecule has 0 aliphatic carbocycles. The Morgan fingerprint density at radius 2 is 2.10 bits per heavy atom. The van der Waals surface area contributed by atoms with Crippen LogP contribution in [0.4, 0.5) is 0 Å². The third-order valence-corrected chi connectivity index (χ3v) is 2.50. The molecule has 0 saturated heterocycles. The van der Waals surface area contributed by atoms with Gasteiger partial charge in [-0.1, -0.05) is 13.3 Å². The molecule has 2 heteroatoms. The van der Waals surface area contributed by atoms with E-state index in [1.807, 2.05) is 11.8 Å². The average molecular weight is 161 g/mol. The van der Waals surface area contributed by atoms with Crippen molar-refractivity contribution in [2.24, 2.45) is 11.7 Å². The minimum absolute atomic E-state index is 0.853. The number of rotatable bonds is 6. The van der Waals surface area contributed by atoms with Gasteiger partial charge < -0.3 is 5.73 Å². The molecule has 0 spiro atoms. The van der Waals surface area contributed by atoms with E-state index in [0.717, 1.165) is 12.5 Å². The second-order valence-corrected chi connectivity index (χ2v) is 3.76. The molecule has 0 aliphatic rings. The summed E-state index contributed by atoms with van der Waals surface area (Å²) in [5.41, 5.74) is 5.38. The van der Waals surface area contributed by atoms with Crippen LogP contribution in [0.5, 0.6) is 0 Å². The summed E-state index contributed by atoms with van der Waals surface area (Å²) in [5.74, 6) is 2.17. The molecule has 0 aromatic rings. The molecule has 10 heavy (non-hydrogen) atoms. The summed E-state index contributed by atoms with van der Waals surface area (Å²) in [7, 11) is 0. The molecule has 0 heterocycles. The number of thioether (sulfide) groups is 1. The Hall–Kier alpha value is 0.310. The molecule has 0 amide bonds. The summed E-state index contributed by atoms with van der Waals surface area (Å²) in [4.78, 5) is 0. The molecular weight excluding hydrogens is 142 g/mol. The maximum atomic E-state index is 5.38. The van der Waals surface area contributed by atoms with E-state index in [-0.39, 0.29) is 0 Å². The van der Waals surface area contributed by atoms with E-state index in [1.165, 1.54) is 25.0 Å². The zero-order valence-electron chi connectivity index (χ0n) is 7.10. The van der Waals surface area contributed by atoms with Gasteiger partial charge in [-0.2, -0.15) is 11.8 Å². The first-order valence-electron chi connectivity index (χ1n) is 4.00. The van der Waals surface area contributed by atoms with Gasteiger partial charge in [0.2, 0.25) is 0 Å². The lowest BCUT2D eigenvalue weighted by Crippen LogP contribution is -2.02. The molecule has 0 rings (SSSR count). The first-order chi connectivity index (χ1) is 4.81. The third-order valence-electron chi connectivity index (χ3n) is 1.60. The van der Waals surface area contributed by atoms with Crippen LogP contribution in [0.2, 0.25) is 0 Å². The van der Waals surface area contributed by atoms with E-state index in [4.69, 9.17) is 5.73 Å². The Morgan fingerprint density at radius 1 is 1.40 bits per heavy atom. The van der Waals surface area contributed by atoms with E-state index in [9.17, 15) is 0 Å². The molecular formula is C8H19NS. The summed E-state index contributed by atoms with van der Waals surface area (Å²) >= 11 is 1.94. The minimum Gasteiger partial charge on any atom is -0.330 e. The summed E-state index contributed by atoms with van der Waals surface area (Å²) in [6, 6.07) is 0. The number of nitrogens with two attached hydrogens (primary N) is 1. The summed E-state index contributed by atoms with van der Waals surface area (Å²) in [6.07, 6.45) is 6.01. The van der Waals surface area contributed by atoms with Crippen molar-refractivity contribution in [3.8, 4) is 0 Å². The molecule has 1 atom stereocenters. The van der Waals surface area contributed by atoms with Crippen molar-refractivity contribution in [1.29, 1.82) is 0 Å². The molecule has 0 aliphatic heterocycles. The first-order valence-corrected chi connectivity index (χ1v) is 5.39. The third kappa shape index (κ3) is 6.43. The zero-order chi connectivity index (χ0) is 7.82. The van der Waals surface area contributed by atoms with Gasteiger partial charge in [-0.25, -0.2) is 0 Å². The molecule has 0 saturated carbocycles. The summed E-state index contributed by atoms with van der Waals surface area (Å²) in [6.45, 7) is 3.17. The van der Waals surface area contributed by atoms with Gasteiger partial charge in [0, 0.05) is 0 Å². The summed E-state index contributed by atoms with van der Waals surface area (Å²) in [5, 5.41) is 0. The number of hydrogen-bond donors (Lipinski definition) is 1. The van der Waals surface area contributed by atoms with Crippen LogP contribution in [-0.2, 0) is 0 Å². The minimum atomic E-state index is 0.853. The lowest BCUT2D eigenvalue weighted by molar-refractivity contribution is 0.549. The van der Waals surface area contributed by atoms with E-state index in [0.29, 0.717) is 0 Å². The van der Waals surface area contributed by atoms with Crippen molar-refractivity contribution < 1.29 is 0 Å². The van der Waals surface area contributed by atoms with Gasteiger partial charge in [-0.05, 0) is 37.3 Å². The fraction of sp³-hybridized carbons (Fsp3) is 1.00. The molecule has 2 N–H and O–H groups in total. The SMILES string of the molecule is CSCC(C)CCCCN. The first kappa shape index (κ1) is 10.3. The second-order valence-electron chi connectivity index (χ2n) is 2.84. The highest BCUT2D eigenvalue weighted by atomic mass is 32.2. The summed E-state index contributed by atoms with van der Waals surface area (Å²) < 4.78 is 0. The van der Waals surface area contributed by atoms with Gasteiger partial charge >= 0.3 is 0 Å².